The highest BCUT2D eigenvalue weighted by Gasteiger charge is 2.27. The fourth-order valence-electron chi connectivity index (χ4n) is 3.82. The molecule has 28 heavy (non-hydrogen) atoms. The first-order valence-corrected chi connectivity index (χ1v) is 11.7. The SMILES string of the molecule is CS(=O)(=O)N(CC1CCCN(CC(O)c2ccccc2Cl)C1)c1ccccc1. The first-order valence-electron chi connectivity index (χ1n) is 9.52. The van der Waals surface area contributed by atoms with Gasteiger partial charge in [0.25, 0.3) is 0 Å². The van der Waals surface area contributed by atoms with Gasteiger partial charge in [-0.15, -0.1) is 0 Å². The second-order valence-electron chi connectivity index (χ2n) is 7.43. The Morgan fingerprint density at radius 3 is 2.54 bits per heavy atom. The number of piperidine rings is 1. The van der Waals surface area contributed by atoms with Gasteiger partial charge < -0.3 is 10.0 Å². The van der Waals surface area contributed by atoms with E-state index in [4.69, 9.17) is 11.6 Å². The molecule has 1 aliphatic heterocycles. The topological polar surface area (TPSA) is 60.9 Å². The molecule has 1 saturated heterocycles. The number of benzene rings is 2. The minimum Gasteiger partial charge on any atom is -0.387 e. The Morgan fingerprint density at radius 2 is 1.86 bits per heavy atom. The van der Waals surface area contributed by atoms with E-state index in [0.29, 0.717) is 23.8 Å². The molecule has 2 aromatic rings. The van der Waals surface area contributed by atoms with Crippen LogP contribution >= 0.6 is 11.6 Å². The highest BCUT2D eigenvalue weighted by atomic mass is 35.5. The summed E-state index contributed by atoms with van der Waals surface area (Å²) >= 11 is 6.20. The number of sulfonamides is 1. The molecule has 152 valence electrons. The molecule has 7 heteroatoms. The summed E-state index contributed by atoms with van der Waals surface area (Å²) in [5.41, 5.74) is 1.42. The van der Waals surface area contributed by atoms with Crippen LogP contribution in [0.3, 0.4) is 0 Å². The van der Waals surface area contributed by atoms with Crippen LogP contribution in [0.2, 0.25) is 5.02 Å². The zero-order valence-corrected chi connectivity index (χ0v) is 17.6. The molecule has 0 saturated carbocycles. The lowest BCUT2D eigenvalue weighted by Gasteiger charge is -2.36. The zero-order chi connectivity index (χ0) is 20.1. The number of halogens is 1. The molecule has 0 bridgehead atoms. The monoisotopic (exact) mass is 422 g/mol. The summed E-state index contributed by atoms with van der Waals surface area (Å²) in [6, 6.07) is 16.6. The molecular formula is C21H27ClN2O3S. The van der Waals surface area contributed by atoms with Crippen molar-refractivity contribution >= 4 is 27.3 Å². The van der Waals surface area contributed by atoms with Gasteiger partial charge in [-0.25, -0.2) is 8.42 Å². The van der Waals surface area contributed by atoms with E-state index in [1.54, 1.807) is 6.07 Å². The number of hydrogen-bond donors (Lipinski definition) is 1. The maximum absolute atomic E-state index is 12.3. The van der Waals surface area contributed by atoms with Crippen molar-refractivity contribution in [1.82, 2.24) is 4.90 Å². The minimum atomic E-state index is -3.36. The molecule has 0 spiro atoms. The first kappa shape index (κ1) is 21.1. The van der Waals surface area contributed by atoms with Gasteiger partial charge in [0, 0.05) is 30.2 Å². The van der Waals surface area contributed by atoms with E-state index in [9.17, 15) is 13.5 Å². The lowest BCUT2D eigenvalue weighted by molar-refractivity contribution is 0.0860. The zero-order valence-electron chi connectivity index (χ0n) is 16.0. The summed E-state index contributed by atoms with van der Waals surface area (Å²) in [6.45, 7) is 2.58. The third-order valence-electron chi connectivity index (χ3n) is 5.17. The number of β-amino-alcohol motifs (C(OH)–C–C–N with tert-alkyl or cyclic N) is 1. The van der Waals surface area contributed by atoms with E-state index in [1.165, 1.54) is 10.6 Å². The summed E-state index contributed by atoms with van der Waals surface area (Å²) in [5, 5.41) is 11.2. The van der Waals surface area contributed by atoms with E-state index < -0.39 is 16.1 Å². The molecule has 0 amide bonds. The lowest BCUT2D eigenvalue weighted by Crippen LogP contribution is -2.44. The van der Waals surface area contributed by atoms with Gasteiger partial charge in [0.15, 0.2) is 0 Å². The smallest absolute Gasteiger partial charge is 0.232 e. The maximum atomic E-state index is 12.3. The van der Waals surface area contributed by atoms with Crippen molar-refractivity contribution < 1.29 is 13.5 Å². The average molecular weight is 423 g/mol. The summed E-state index contributed by atoms with van der Waals surface area (Å²) < 4.78 is 26.2. The molecule has 1 heterocycles. The summed E-state index contributed by atoms with van der Waals surface area (Å²) in [7, 11) is -3.36. The second-order valence-corrected chi connectivity index (χ2v) is 9.75. The van der Waals surface area contributed by atoms with E-state index in [0.717, 1.165) is 31.5 Å². The number of aliphatic hydroxyl groups is 1. The van der Waals surface area contributed by atoms with E-state index in [-0.39, 0.29) is 5.92 Å². The van der Waals surface area contributed by atoms with Crippen LogP contribution in [0.4, 0.5) is 5.69 Å². The van der Waals surface area contributed by atoms with Gasteiger partial charge in [0.05, 0.1) is 18.0 Å². The van der Waals surface area contributed by atoms with Crippen LogP contribution in [0.5, 0.6) is 0 Å². The predicted octanol–water partition coefficient (Wildman–Crippen LogP) is 3.55. The van der Waals surface area contributed by atoms with Crippen LogP contribution in [0.15, 0.2) is 54.6 Å². The Morgan fingerprint density at radius 1 is 1.18 bits per heavy atom. The van der Waals surface area contributed by atoms with Gasteiger partial charge in [-0.05, 0) is 43.5 Å². The van der Waals surface area contributed by atoms with E-state index in [1.807, 2.05) is 48.5 Å². The first-order chi connectivity index (χ1) is 13.3. The van der Waals surface area contributed by atoms with Crippen LogP contribution in [-0.4, -0.2) is 50.9 Å². The van der Waals surface area contributed by atoms with Crippen molar-refractivity contribution in [3.8, 4) is 0 Å². The molecule has 0 aromatic heterocycles. The molecule has 2 atom stereocenters. The Kier molecular flexibility index (Phi) is 6.99. The third kappa shape index (κ3) is 5.47. The number of anilines is 1. The van der Waals surface area contributed by atoms with Gasteiger partial charge in [0.2, 0.25) is 10.0 Å². The fourth-order valence-corrected chi connectivity index (χ4v) is 5.06. The second kappa shape index (κ2) is 9.27. The minimum absolute atomic E-state index is 0.210. The Bertz CT molecular complexity index is 876. The summed E-state index contributed by atoms with van der Waals surface area (Å²) in [6.07, 6.45) is 2.54. The number of hydrogen-bond acceptors (Lipinski definition) is 4. The molecule has 5 nitrogen and oxygen atoms in total. The number of nitrogens with zero attached hydrogens (tertiary/aromatic N) is 2. The maximum Gasteiger partial charge on any atom is 0.232 e. The molecule has 0 radical (unpaired) electrons. The Labute approximate surface area is 172 Å². The molecule has 2 unspecified atom stereocenters. The largest absolute Gasteiger partial charge is 0.387 e. The van der Waals surface area contributed by atoms with E-state index in [2.05, 4.69) is 4.90 Å². The van der Waals surface area contributed by atoms with Crippen molar-refractivity contribution in [3.63, 3.8) is 0 Å². The predicted molar refractivity (Wildman–Crippen MR) is 114 cm³/mol. The molecular weight excluding hydrogens is 396 g/mol. The molecule has 1 N–H and O–H groups in total. The van der Waals surface area contributed by atoms with Crippen LogP contribution in [-0.2, 0) is 10.0 Å². The third-order valence-corrected chi connectivity index (χ3v) is 6.67. The van der Waals surface area contributed by atoms with Gasteiger partial charge >= 0.3 is 0 Å². The standard InChI is InChI=1S/C21H27ClN2O3S/c1-28(26,27)24(18-9-3-2-4-10-18)15-17-8-7-13-23(14-17)16-21(25)19-11-5-6-12-20(19)22/h2-6,9-12,17,21,25H,7-8,13-16H2,1H3. The van der Waals surface area contributed by atoms with Crippen LogP contribution < -0.4 is 4.31 Å². The Hall–Kier alpha value is -1.60. The quantitative estimate of drug-likeness (QED) is 0.741. The van der Waals surface area contributed by atoms with Crippen molar-refractivity contribution in [1.29, 1.82) is 0 Å². The van der Waals surface area contributed by atoms with Gasteiger partial charge in [0.1, 0.15) is 0 Å². The highest BCUT2D eigenvalue weighted by Crippen LogP contribution is 2.27. The van der Waals surface area contributed by atoms with Crippen LogP contribution in [0.25, 0.3) is 0 Å². The number of likely N-dealkylation sites (tertiary alicyclic amines) is 1. The summed E-state index contributed by atoms with van der Waals surface area (Å²) in [5.74, 6) is 0.210. The average Bonchev–Trinajstić information content (AvgIpc) is 2.66. The van der Waals surface area contributed by atoms with Gasteiger partial charge in [-0.3, -0.25) is 4.31 Å². The van der Waals surface area contributed by atoms with Crippen LogP contribution in [0, 0.1) is 5.92 Å². The van der Waals surface area contributed by atoms with Crippen molar-refractivity contribution in [2.24, 2.45) is 5.92 Å². The summed E-state index contributed by atoms with van der Waals surface area (Å²) in [4.78, 5) is 2.20. The Balaban J connectivity index is 1.66. The lowest BCUT2D eigenvalue weighted by atomic mass is 9.97. The number of aliphatic hydroxyl groups excluding tert-OH is 1. The number of para-hydroxylation sites is 1. The molecule has 1 aliphatic rings. The van der Waals surface area contributed by atoms with Crippen molar-refractivity contribution in [2.75, 3.05) is 36.7 Å². The molecule has 1 fully saturated rings. The highest BCUT2D eigenvalue weighted by molar-refractivity contribution is 7.92. The normalized spacial score (nSPS) is 19.3. The number of rotatable bonds is 7. The van der Waals surface area contributed by atoms with E-state index >= 15 is 0 Å². The molecule has 2 aromatic carbocycles. The fraction of sp³-hybridized carbons (Fsp3) is 0.429. The van der Waals surface area contributed by atoms with Crippen molar-refractivity contribution in [2.45, 2.75) is 18.9 Å². The molecule has 0 aliphatic carbocycles. The van der Waals surface area contributed by atoms with Gasteiger partial charge in [-0.2, -0.15) is 0 Å². The van der Waals surface area contributed by atoms with Gasteiger partial charge in [-0.1, -0.05) is 48.0 Å². The molecule has 3 rings (SSSR count). The van der Waals surface area contributed by atoms with Crippen molar-refractivity contribution in [3.05, 3.63) is 65.2 Å². The van der Waals surface area contributed by atoms with Crippen LogP contribution in [0.1, 0.15) is 24.5 Å².